The van der Waals surface area contributed by atoms with Crippen LogP contribution in [0.2, 0.25) is 0 Å². The molecule has 0 fully saturated rings. The van der Waals surface area contributed by atoms with Gasteiger partial charge < -0.3 is 4.74 Å². The number of carbonyl (C=O) groups excluding carboxylic acids is 2. The van der Waals surface area contributed by atoms with Crippen LogP contribution in [0.4, 0.5) is 5.13 Å². The molecule has 0 saturated heterocycles. The third kappa shape index (κ3) is 4.11. The second kappa shape index (κ2) is 6.39. The van der Waals surface area contributed by atoms with Crippen molar-refractivity contribution in [3.8, 4) is 0 Å². The smallest absolute Gasteiger partial charge is 0.305 e. The van der Waals surface area contributed by atoms with Gasteiger partial charge in [-0.2, -0.15) is 0 Å². The molecule has 0 unspecified atom stereocenters. The summed E-state index contributed by atoms with van der Waals surface area (Å²) in [6.07, 6.45) is 0.690. The number of aryl methyl sites for hydroxylation is 1. The number of hydrogen-bond acceptors (Lipinski definition) is 6. The third-order valence-electron chi connectivity index (χ3n) is 1.61. The van der Waals surface area contributed by atoms with Gasteiger partial charge in [0.15, 0.2) is 0 Å². The number of methoxy groups -OCH3 is 1. The normalized spacial score (nSPS) is 9.88. The van der Waals surface area contributed by atoms with Crippen LogP contribution >= 0.6 is 22.9 Å². The molecule has 0 saturated carbocycles. The Kier molecular flexibility index (Phi) is 5.13. The second-order valence-corrected chi connectivity index (χ2v) is 4.09. The van der Waals surface area contributed by atoms with Gasteiger partial charge in [0, 0.05) is 6.42 Å². The lowest BCUT2D eigenvalue weighted by molar-refractivity contribution is -0.140. The maximum atomic E-state index is 10.9. The molecule has 1 amide bonds. The van der Waals surface area contributed by atoms with Crippen molar-refractivity contribution < 1.29 is 14.3 Å². The predicted molar refractivity (Wildman–Crippen MR) is 59.6 cm³/mol. The first kappa shape index (κ1) is 12.9. The largest absolute Gasteiger partial charge is 0.469 e. The number of esters is 1. The molecular weight excluding hydrogens is 254 g/mol. The van der Waals surface area contributed by atoms with Crippen molar-refractivity contribution in [3.05, 3.63) is 5.01 Å². The van der Waals surface area contributed by atoms with Crippen molar-refractivity contribution in [2.24, 2.45) is 0 Å². The number of nitrogens with zero attached hydrogens (tertiary/aromatic N) is 2. The highest BCUT2D eigenvalue weighted by Gasteiger charge is 2.09. The highest BCUT2D eigenvalue weighted by molar-refractivity contribution is 7.15. The van der Waals surface area contributed by atoms with Crippen molar-refractivity contribution in [2.45, 2.75) is 12.8 Å². The maximum absolute atomic E-state index is 10.9. The number of carbonyl (C=O) groups is 2. The van der Waals surface area contributed by atoms with E-state index >= 15 is 0 Å². The van der Waals surface area contributed by atoms with Gasteiger partial charge in [0.05, 0.1) is 13.5 Å². The molecule has 1 aromatic rings. The quantitative estimate of drug-likeness (QED) is 0.628. The molecule has 1 N–H and O–H groups in total. The van der Waals surface area contributed by atoms with Crippen LogP contribution in [0.25, 0.3) is 0 Å². The highest BCUT2D eigenvalue weighted by Crippen LogP contribution is 2.16. The maximum Gasteiger partial charge on any atom is 0.305 e. The number of amides is 1. The lowest BCUT2D eigenvalue weighted by atomic mass is 10.3. The van der Waals surface area contributed by atoms with Crippen LogP contribution < -0.4 is 5.32 Å². The second-order valence-electron chi connectivity index (χ2n) is 2.76. The molecule has 6 nitrogen and oxygen atoms in total. The topological polar surface area (TPSA) is 81.2 Å². The summed E-state index contributed by atoms with van der Waals surface area (Å²) in [6.45, 7) is 0. The first-order valence-corrected chi connectivity index (χ1v) is 5.76. The van der Waals surface area contributed by atoms with E-state index < -0.39 is 0 Å². The van der Waals surface area contributed by atoms with Gasteiger partial charge in [-0.3, -0.25) is 14.9 Å². The molecular formula is C8H10ClN3O3S. The molecule has 8 heteroatoms. The number of alkyl halides is 1. The zero-order valence-electron chi connectivity index (χ0n) is 8.53. The van der Waals surface area contributed by atoms with E-state index in [0.29, 0.717) is 16.6 Å². The number of aromatic nitrogens is 2. The van der Waals surface area contributed by atoms with E-state index in [1.54, 1.807) is 0 Å². The van der Waals surface area contributed by atoms with E-state index in [1.807, 2.05) is 0 Å². The monoisotopic (exact) mass is 263 g/mol. The molecule has 0 aliphatic rings. The van der Waals surface area contributed by atoms with Crippen molar-refractivity contribution >= 4 is 39.9 Å². The molecule has 0 aliphatic carbocycles. The van der Waals surface area contributed by atoms with Gasteiger partial charge in [0.25, 0.3) is 0 Å². The molecule has 0 atom stereocenters. The van der Waals surface area contributed by atoms with Crippen molar-refractivity contribution in [2.75, 3.05) is 18.3 Å². The number of nitrogens with one attached hydrogen (secondary N) is 1. The average molecular weight is 264 g/mol. The highest BCUT2D eigenvalue weighted by atomic mass is 35.5. The van der Waals surface area contributed by atoms with Crippen LogP contribution in [0.15, 0.2) is 0 Å². The van der Waals surface area contributed by atoms with E-state index in [9.17, 15) is 9.59 Å². The first-order chi connectivity index (χ1) is 7.65. The van der Waals surface area contributed by atoms with Crippen LogP contribution in [0.1, 0.15) is 11.4 Å². The summed E-state index contributed by atoms with van der Waals surface area (Å²) in [7, 11) is 1.33. The van der Waals surface area contributed by atoms with E-state index in [4.69, 9.17) is 11.6 Å². The Bertz CT molecular complexity index is 382. The number of halogens is 1. The zero-order valence-corrected chi connectivity index (χ0v) is 10.1. The third-order valence-corrected chi connectivity index (χ3v) is 2.75. The predicted octanol–water partition coefficient (Wildman–Crippen LogP) is 0.821. The molecule has 0 aromatic carbocycles. The van der Waals surface area contributed by atoms with E-state index in [-0.39, 0.29) is 24.2 Å². The van der Waals surface area contributed by atoms with Crippen LogP contribution in [-0.4, -0.2) is 35.1 Å². The molecule has 88 valence electrons. The van der Waals surface area contributed by atoms with Crippen LogP contribution in [0.5, 0.6) is 0 Å². The summed E-state index contributed by atoms with van der Waals surface area (Å²) in [6, 6.07) is 0. The molecule has 0 bridgehead atoms. The summed E-state index contributed by atoms with van der Waals surface area (Å²) in [5.74, 6) is -0.768. The number of rotatable bonds is 5. The standard InChI is InChI=1S/C8H10ClN3O3S/c1-15-7(14)3-2-6-11-12-8(16-6)10-5(13)4-9/h2-4H2,1H3,(H,10,12,13). The van der Waals surface area contributed by atoms with Crippen LogP contribution in [0, 0.1) is 0 Å². The van der Waals surface area contributed by atoms with Crippen molar-refractivity contribution in [3.63, 3.8) is 0 Å². The molecule has 0 spiro atoms. The fourth-order valence-electron chi connectivity index (χ4n) is 0.869. The number of hydrogen-bond donors (Lipinski definition) is 1. The molecule has 1 aromatic heterocycles. The van der Waals surface area contributed by atoms with Crippen molar-refractivity contribution in [1.29, 1.82) is 0 Å². The van der Waals surface area contributed by atoms with E-state index in [1.165, 1.54) is 18.4 Å². The Morgan fingerprint density at radius 3 is 2.88 bits per heavy atom. The van der Waals surface area contributed by atoms with Crippen molar-refractivity contribution in [1.82, 2.24) is 10.2 Å². The lowest BCUT2D eigenvalue weighted by Crippen LogP contribution is -2.12. The van der Waals surface area contributed by atoms with E-state index in [2.05, 4.69) is 20.3 Å². The Morgan fingerprint density at radius 2 is 2.25 bits per heavy atom. The van der Waals surface area contributed by atoms with Crippen LogP contribution in [0.3, 0.4) is 0 Å². The summed E-state index contributed by atoms with van der Waals surface area (Å²) in [5.41, 5.74) is 0. The van der Waals surface area contributed by atoms with Gasteiger partial charge >= 0.3 is 5.97 Å². The van der Waals surface area contributed by atoms with Gasteiger partial charge in [-0.1, -0.05) is 11.3 Å². The Morgan fingerprint density at radius 1 is 1.50 bits per heavy atom. The average Bonchev–Trinajstić information content (AvgIpc) is 2.73. The van der Waals surface area contributed by atoms with Gasteiger partial charge in [-0.25, -0.2) is 0 Å². The molecule has 1 heterocycles. The summed E-state index contributed by atoms with van der Waals surface area (Å²) >= 11 is 6.52. The summed E-state index contributed by atoms with van der Waals surface area (Å²) < 4.78 is 4.49. The summed E-state index contributed by atoms with van der Waals surface area (Å²) in [4.78, 5) is 21.8. The number of ether oxygens (including phenoxy) is 1. The first-order valence-electron chi connectivity index (χ1n) is 4.40. The molecule has 0 aliphatic heterocycles. The minimum Gasteiger partial charge on any atom is -0.469 e. The number of anilines is 1. The van der Waals surface area contributed by atoms with Crippen LogP contribution in [-0.2, 0) is 20.7 Å². The Balaban J connectivity index is 2.45. The van der Waals surface area contributed by atoms with Gasteiger partial charge in [-0.15, -0.1) is 21.8 Å². The van der Waals surface area contributed by atoms with Gasteiger partial charge in [0.1, 0.15) is 10.9 Å². The molecule has 16 heavy (non-hydrogen) atoms. The Labute approximate surface area is 101 Å². The minimum absolute atomic E-state index is 0.128. The fourth-order valence-corrected chi connectivity index (χ4v) is 1.69. The molecule has 0 radical (unpaired) electrons. The lowest BCUT2D eigenvalue weighted by Gasteiger charge is -1.95. The van der Waals surface area contributed by atoms with Gasteiger partial charge in [-0.05, 0) is 0 Å². The fraction of sp³-hybridized carbons (Fsp3) is 0.500. The zero-order chi connectivity index (χ0) is 12.0. The minimum atomic E-state index is -0.336. The Hall–Kier alpha value is -1.21. The SMILES string of the molecule is COC(=O)CCc1nnc(NC(=O)CCl)s1. The molecule has 1 rings (SSSR count). The van der Waals surface area contributed by atoms with Gasteiger partial charge in [0.2, 0.25) is 11.0 Å². The summed E-state index contributed by atoms with van der Waals surface area (Å²) in [5, 5.41) is 11.1. The van der Waals surface area contributed by atoms with E-state index in [0.717, 1.165) is 0 Å².